The summed E-state index contributed by atoms with van der Waals surface area (Å²) in [6.07, 6.45) is 54.4. The Hall–Kier alpha value is -1.94. The van der Waals surface area contributed by atoms with Crippen LogP contribution < -0.4 is 0 Å². The molecule has 0 bridgehead atoms. The molecule has 0 aromatic rings. The quantitative estimate of drug-likeness (QED) is 0.0222. The molecule has 0 aliphatic rings. The third-order valence-electron chi connectivity index (χ3n) is 19.0. The second-order valence-corrected chi connectivity index (χ2v) is 32.8. The Bertz CT molecular complexity index is 1920. The molecule has 98 heavy (non-hydrogen) atoms. The van der Waals surface area contributed by atoms with Crippen molar-refractivity contribution in [2.45, 2.75) is 420 Å². The molecule has 19 heteroatoms. The Labute approximate surface area is 600 Å². The van der Waals surface area contributed by atoms with Crippen LogP contribution in [0.4, 0.5) is 0 Å². The van der Waals surface area contributed by atoms with Crippen molar-refractivity contribution in [1.29, 1.82) is 0 Å². The SMILES string of the molecule is CCC(C)CCCCCCCCCCCCCCCCCCCCC(=O)OC[C@H](COP(=O)(O)OC[C@@H](O)COP(=O)(O)OC[C@@H](COC(=O)CCCCCCCCC(C)CC)OC(=O)CCCCCCCCCCCCCCCC(C)C)OC(=O)CCCCCCCCCC(C)C. The third kappa shape index (κ3) is 69.8. The van der Waals surface area contributed by atoms with Crippen LogP contribution in [0.2, 0.25) is 0 Å². The molecule has 0 aliphatic heterocycles. The van der Waals surface area contributed by atoms with Crippen LogP contribution in [0.25, 0.3) is 0 Å². The van der Waals surface area contributed by atoms with Crippen molar-refractivity contribution in [2.75, 3.05) is 39.6 Å². The van der Waals surface area contributed by atoms with Gasteiger partial charge in [0, 0.05) is 25.7 Å². The summed E-state index contributed by atoms with van der Waals surface area (Å²) >= 11 is 0. The highest BCUT2D eigenvalue weighted by molar-refractivity contribution is 7.47. The summed E-state index contributed by atoms with van der Waals surface area (Å²) < 4.78 is 68.5. The van der Waals surface area contributed by atoms with E-state index in [1.54, 1.807) is 0 Å². The normalized spacial score (nSPS) is 14.6. The number of esters is 4. The lowest BCUT2D eigenvalue weighted by Crippen LogP contribution is -2.30. The number of unbranched alkanes of at least 4 members (excludes halogenated alkanes) is 40. The van der Waals surface area contributed by atoms with Gasteiger partial charge in [-0.15, -0.1) is 0 Å². The maximum absolute atomic E-state index is 13.1. The molecular weight excluding hydrogens is 1280 g/mol. The van der Waals surface area contributed by atoms with Gasteiger partial charge in [-0.05, 0) is 49.4 Å². The lowest BCUT2D eigenvalue weighted by Gasteiger charge is -2.21. The Kier molecular flexibility index (Phi) is 66.8. The van der Waals surface area contributed by atoms with Crippen LogP contribution >= 0.6 is 15.6 Å². The molecule has 0 heterocycles. The first-order chi connectivity index (χ1) is 47.2. The number of ether oxygens (including phenoxy) is 4. The van der Waals surface area contributed by atoms with Crippen molar-refractivity contribution in [3.05, 3.63) is 0 Å². The molecule has 4 unspecified atom stereocenters. The topological polar surface area (TPSA) is 237 Å². The van der Waals surface area contributed by atoms with Crippen LogP contribution in [0.3, 0.4) is 0 Å². The van der Waals surface area contributed by atoms with Gasteiger partial charge in [0.2, 0.25) is 0 Å². The zero-order valence-corrected chi connectivity index (χ0v) is 66.2. The van der Waals surface area contributed by atoms with E-state index in [1.807, 2.05) is 0 Å². The van der Waals surface area contributed by atoms with Crippen molar-refractivity contribution < 1.29 is 80.2 Å². The first-order valence-electron chi connectivity index (χ1n) is 40.8. The number of carbonyl (C=O) groups excluding carboxylic acids is 4. The van der Waals surface area contributed by atoms with Gasteiger partial charge >= 0.3 is 39.5 Å². The molecule has 0 spiro atoms. The summed E-state index contributed by atoms with van der Waals surface area (Å²) in [5, 5.41) is 10.6. The van der Waals surface area contributed by atoms with Crippen LogP contribution in [-0.4, -0.2) is 96.7 Å². The van der Waals surface area contributed by atoms with Gasteiger partial charge in [0.25, 0.3) is 0 Å². The molecule has 0 aromatic carbocycles. The van der Waals surface area contributed by atoms with Crippen LogP contribution in [0.15, 0.2) is 0 Å². The van der Waals surface area contributed by atoms with Gasteiger partial charge in [-0.1, -0.05) is 351 Å². The van der Waals surface area contributed by atoms with E-state index >= 15 is 0 Å². The second-order valence-electron chi connectivity index (χ2n) is 29.9. The number of carbonyl (C=O) groups is 4. The van der Waals surface area contributed by atoms with E-state index in [0.717, 1.165) is 114 Å². The number of hydrogen-bond acceptors (Lipinski definition) is 15. The fraction of sp³-hybridized carbons (Fsp3) is 0.949. The summed E-state index contributed by atoms with van der Waals surface area (Å²) in [5.74, 6) is 0.965. The minimum Gasteiger partial charge on any atom is -0.462 e. The predicted octanol–water partition coefficient (Wildman–Crippen LogP) is 23.2. The van der Waals surface area contributed by atoms with E-state index in [4.69, 9.17) is 37.0 Å². The molecule has 0 rings (SSSR count). The molecule has 0 aliphatic carbocycles. The summed E-state index contributed by atoms with van der Waals surface area (Å²) in [4.78, 5) is 72.8. The first-order valence-corrected chi connectivity index (χ1v) is 43.8. The van der Waals surface area contributed by atoms with Crippen LogP contribution in [0.5, 0.6) is 0 Å². The molecule has 0 saturated carbocycles. The summed E-state index contributed by atoms with van der Waals surface area (Å²) in [6.45, 7) is 14.2. The fourth-order valence-corrected chi connectivity index (χ4v) is 13.6. The Balaban J connectivity index is 5.13. The number of aliphatic hydroxyl groups excluding tert-OH is 1. The van der Waals surface area contributed by atoms with E-state index in [0.29, 0.717) is 31.6 Å². The average molecular weight is 1440 g/mol. The predicted molar refractivity (Wildman–Crippen MR) is 400 cm³/mol. The fourth-order valence-electron chi connectivity index (χ4n) is 12.0. The Morgan fingerprint density at radius 1 is 0.286 bits per heavy atom. The van der Waals surface area contributed by atoms with Crippen molar-refractivity contribution in [3.63, 3.8) is 0 Å². The lowest BCUT2D eigenvalue weighted by atomic mass is 9.99. The lowest BCUT2D eigenvalue weighted by molar-refractivity contribution is -0.161. The highest BCUT2D eigenvalue weighted by Gasteiger charge is 2.30. The van der Waals surface area contributed by atoms with Crippen LogP contribution in [0, 0.1) is 23.7 Å². The van der Waals surface area contributed by atoms with Crippen molar-refractivity contribution in [1.82, 2.24) is 0 Å². The molecule has 582 valence electrons. The van der Waals surface area contributed by atoms with Crippen molar-refractivity contribution >= 4 is 39.5 Å². The number of rotatable bonds is 76. The molecule has 0 saturated heterocycles. The average Bonchev–Trinajstić information content (AvgIpc) is 1.05. The molecule has 7 atom stereocenters. The monoisotopic (exact) mass is 1440 g/mol. The molecule has 17 nitrogen and oxygen atoms in total. The molecule has 0 fully saturated rings. The number of phosphoric acid groups is 2. The maximum atomic E-state index is 13.1. The summed E-state index contributed by atoms with van der Waals surface area (Å²) in [7, 11) is -9.91. The molecule has 0 radical (unpaired) electrons. The van der Waals surface area contributed by atoms with Gasteiger partial charge < -0.3 is 33.8 Å². The van der Waals surface area contributed by atoms with Crippen molar-refractivity contribution in [3.8, 4) is 0 Å². The zero-order chi connectivity index (χ0) is 72.4. The van der Waals surface area contributed by atoms with Crippen LogP contribution in [-0.2, 0) is 65.4 Å². The third-order valence-corrected chi connectivity index (χ3v) is 20.9. The number of aliphatic hydroxyl groups is 1. The van der Waals surface area contributed by atoms with E-state index in [-0.39, 0.29) is 25.7 Å². The maximum Gasteiger partial charge on any atom is 0.472 e. The smallest absolute Gasteiger partial charge is 0.462 e. The zero-order valence-electron chi connectivity index (χ0n) is 64.4. The molecule has 3 N–H and O–H groups in total. The number of phosphoric ester groups is 2. The van der Waals surface area contributed by atoms with Gasteiger partial charge in [0.05, 0.1) is 26.4 Å². The standard InChI is InChI=1S/C79H154O17P2/c1-9-71(7)57-49-41-33-27-23-19-15-13-11-12-14-16-20-24-28-34-43-51-59-76(81)89-65-74(96-79(84)62-54-46-36-30-32-40-48-56-70(5)6)67-93-97(85,86)91-63-73(80)64-92-98(87,88)94-68-75(66-90-77(82)60-52-44-38-37-42-50-58-72(8)10-2)95-78(83)61-53-45-35-29-25-21-17-18-22-26-31-39-47-55-69(3)4/h69-75,80H,9-68H2,1-8H3,(H,85,86)(H,87,88)/t71?,72?,73-,74-,75-/m1/s1. The Morgan fingerprint density at radius 2 is 0.490 bits per heavy atom. The van der Waals surface area contributed by atoms with Gasteiger partial charge in [0.15, 0.2) is 12.2 Å². The summed E-state index contributed by atoms with van der Waals surface area (Å²) in [6, 6.07) is 0. The van der Waals surface area contributed by atoms with Crippen molar-refractivity contribution in [2.24, 2.45) is 23.7 Å². The van der Waals surface area contributed by atoms with Gasteiger partial charge in [-0.25, -0.2) is 9.13 Å². The first kappa shape index (κ1) is 96.1. The van der Waals surface area contributed by atoms with Gasteiger partial charge in [-0.3, -0.25) is 37.3 Å². The van der Waals surface area contributed by atoms with Crippen LogP contribution in [0.1, 0.15) is 402 Å². The Morgan fingerprint density at radius 3 is 0.724 bits per heavy atom. The largest absolute Gasteiger partial charge is 0.472 e. The highest BCUT2D eigenvalue weighted by Crippen LogP contribution is 2.45. The molecule has 0 aromatic heterocycles. The van der Waals surface area contributed by atoms with E-state index < -0.39 is 97.5 Å². The molecule has 0 amide bonds. The van der Waals surface area contributed by atoms with E-state index in [1.165, 1.54) is 199 Å². The highest BCUT2D eigenvalue weighted by atomic mass is 31.2. The second kappa shape index (κ2) is 68.2. The van der Waals surface area contributed by atoms with Gasteiger partial charge in [0.1, 0.15) is 19.3 Å². The minimum atomic E-state index is -4.96. The van der Waals surface area contributed by atoms with E-state index in [9.17, 15) is 43.2 Å². The van der Waals surface area contributed by atoms with E-state index in [2.05, 4.69) is 55.4 Å². The molecular formula is C79H154O17P2. The van der Waals surface area contributed by atoms with Gasteiger partial charge in [-0.2, -0.15) is 0 Å². The minimum absolute atomic E-state index is 0.104. The number of hydrogen-bond donors (Lipinski definition) is 3. The summed E-state index contributed by atoms with van der Waals surface area (Å²) in [5.41, 5.74) is 0.